The molecule has 2 aromatic heterocycles. The zero-order chi connectivity index (χ0) is 18.8. The van der Waals surface area contributed by atoms with Gasteiger partial charge in [0.25, 0.3) is 5.56 Å². The molecule has 1 aromatic carbocycles. The number of hydrogen-bond donors (Lipinski definition) is 1. The topological polar surface area (TPSA) is 81.8 Å². The minimum absolute atomic E-state index is 0.0455. The summed E-state index contributed by atoms with van der Waals surface area (Å²) >= 11 is 11.5. The molecular formula is C17H15Cl2N5O2. The number of halogens is 2. The zero-order valence-electron chi connectivity index (χ0n) is 14.0. The van der Waals surface area contributed by atoms with Crippen molar-refractivity contribution in [2.24, 2.45) is 0 Å². The van der Waals surface area contributed by atoms with Crippen LogP contribution in [0.5, 0.6) is 0 Å². The summed E-state index contributed by atoms with van der Waals surface area (Å²) in [6, 6.07) is 9.58. The van der Waals surface area contributed by atoms with Crippen molar-refractivity contribution in [3.63, 3.8) is 0 Å². The lowest BCUT2D eigenvalue weighted by Gasteiger charge is -2.08. The van der Waals surface area contributed by atoms with Crippen LogP contribution in [0.3, 0.4) is 0 Å². The molecule has 0 aliphatic heterocycles. The van der Waals surface area contributed by atoms with Gasteiger partial charge in [0.05, 0.1) is 34.0 Å². The van der Waals surface area contributed by atoms with E-state index in [4.69, 9.17) is 23.2 Å². The Kier molecular flexibility index (Phi) is 5.11. The molecule has 9 heteroatoms. The molecule has 0 unspecified atom stereocenters. The smallest absolute Gasteiger partial charge is 0.287 e. The van der Waals surface area contributed by atoms with Crippen molar-refractivity contribution in [1.29, 1.82) is 0 Å². The van der Waals surface area contributed by atoms with E-state index in [1.807, 2.05) is 37.3 Å². The van der Waals surface area contributed by atoms with Crippen molar-refractivity contribution in [3.8, 4) is 5.69 Å². The lowest BCUT2D eigenvalue weighted by atomic mass is 10.3. The van der Waals surface area contributed by atoms with Gasteiger partial charge in [0.1, 0.15) is 11.6 Å². The van der Waals surface area contributed by atoms with E-state index in [2.05, 4.69) is 15.5 Å². The highest BCUT2D eigenvalue weighted by Crippen LogP contribution is 2.22. The predicted molar refractivity (Wildman–Crippen MR) is 100 cm³/mol. The molecule has 134 valence electrons. The highest BCUT2D eigenvalue weighted by molar-refractivity contribution is 6.41. The van der Waals surface area contributed by atoms with Gasteiger partial charge >= 0.3 is 0 Å². The Labute approximate surface area is 159 Å². The van der Waals surface area contributed by atoms with E-state index in [0.29, 0.717) is 11.4 Å². The maximum Gasteiger partial charge on any atom is 0.287 e. The second kappa shape index (κ2) is 7.31. The summed E-state index contributed by atoms with van der Waals surface area (Å²) in [5.74, 6) is -0.420. The molecule has 0 bridgehead atoms. The van der Waals surface area contributed by atoms with Gasteiger partial charge in [0, 0.05) is 0 Å². The number of carbonyl (C=O) groups excluding carboxylic acids is 1. The number of aromatic nitrogens is 4. The summed E-state index contributed by atoms with van der Waals surface area (Å²) in [4.78, 5) is 24.3. The fraction of sp³-hybridized carbons (Fsp3) is 0.176. The van der Waals surface area contributed by atoms with Crippen LogP contribution in [-0.2, 0) is 11.3 Å². The highest BCUT2D eigenvalue weighted by atomic mass is 35.5. The summed E-state index contributed by atoms with van der Waals surface area (Å²) in [5.41, 5.74) is 2.29. The predicted octanol–water partition coefficient (Wildman–Crippen LogP) is 2.99. The molecule has 0 atom stereocenters. The number of rotatable bonds is 4. The van der Waals surface area contributed by atoms with E-state index >= 15 is 0 Å². The molecule has 0 fully saturated rings. The van der Waals surface area contributed by atoms with Crippen molar-refractivity contribution in [2.45, 2.75) is 20.4 Å². The van der Waals surface area contributed by atoms with Crippen LogP contribution < -0.4 is 10.9 Å². The fourth-order valence-electron chi connectivity index (χ4n) is 2.52. The second-order valence-electron chi connectivity index (χ2n) is 5.61. The molecule has 7 nitrogen and oxygen atoms in total. The van der Waals surface area contributed by atoms with Gasteiger partial charge < -0.3 is 5.32 Å². The number of hydrogen-bond acceptors (Lipinski definition) is 4. The van der Waals surface area contributed by atoms with Gasteiger partial charge in [-0.1, -0.05) is 41.4 Å². The van der Waals surface area contributed by atoms with Crippen LogP contribution in [0.25, 0.3) is 5.69 Å². The highest BCUT2D eigenvalue weighted by Gasteiger charge is 2.17. The Hall–Kier alpha value is -2.64. The molecule has 0 spiro atoms. The lowest BCUT2D eigenvalue weighted by Crippen LogP contribution is -2.30. The number of nitrogens with zero attached hydrogens (tertiary/aromatic N) is 4. The van der Waals surface area contributed by atoms with Crippen molar-refractivity contribution in [2.75, 3.05) is 5.32 Å². The minimum atomic E-state index is -0.622. The molecule has 1 N–H and O–H groups in total. The summed E-state index contributed by atoms with van der Waals surface area (Å²) in [7, 11) is 0. The molecule has 3 aromatic rings. The number of benzene rings is 1. The Morgan fingerprint density at radius 1 is 1.19 bits per heavy atom. The average molecular weight is 392 g/mol. The van der Waals surface area contributed by atoms with Crippen LogP contribution in [0.15, 0.2) is 41.3 Å². The number of para-hydroxylation sites is 1. The molecule has 3 rings (SSSR count). The van der Waals surface area contributed by atoms with Crippen LogP contribution in [0.1, 0.15) is 11.4 Å². The maximum absolute atomic E-state index is 12.4. The first kappa shape index (κ1) is 18.2. The summed E-state index contributed by atoms with van der Waals surface area (Å²) in [5, 5.41) is 10.9. The van der Waals surface area contributed by atoms with E-state index in [1.165, 1.54) is 6.20 Å². The van der Waals surface area contributed by atoms with Crippen molar-refractivity contribution in [1.82, 2.24) is 19.6 Å². The van der Waals surface area contributed by atoms with Gasteiger partial charge in [-0.2, -0.15) is 10.2 Å². The number of anilines is 1. The van der Waals surface area contributed by atoms with Crippen LogP contribution in [-0.4, -0.2) is 25.5 Å². The second-order valence-corrected chi connectivity index (χ2v) is 6.40. The molecule has 0 saturated heterocycles. The summed E-state index contributed by atoms with van der Waals surface area (Å²) < 4.78 is 2.70. The summed E-state index contributed by atoms with van der Waals surface area (Å²) in [6.07, 6.45) is 1.22. The maximum atomic E-state index is 12.4. The molecule has 26 heavy (non-hydrogen) atoms. The Balaban J connectivity index is 1.84. The van der Waals surface area contributed by atoms with Gasteiger partial charge in [-0.25, -0.2) is 9.36 Å². The molecule has 0 saturated carbocycles. The van der Waals surface area contributed by atoms with Gasteiger partial charge in [-0.3, -0.25) is 9.59 Å². The fourth-order valence-corrected chi connectivity index (χ4v) is 2.79. The van der Waals surface area contributed by atoms with Crippen LogP contribution in [0.2, 0.25) is 10.0 Å². The normalized spacial score (nSPS) is 10.8. The number of amides is 1. The lowest BCUT2D eigenvalue weighted by molar-refractivity contribution is -0.117. The largest absolute Gasteiger partial charge is 0.321 e. The SMILES string of the molecule is Cc1nn(-c2ccccc2)c(C)c1NC(=O)Cn1ncc(Cl)c(Cl)c1=O. The Morgan fingerprint density at radius 3 is 2.58 bits per heavy atom. The number of nitrogens with one attached hydrogen (secondary N) is 1. The molecular weight excluding hydrogens is 377 g/mol. The van der Waals surface area contributed by atoms with Crippen LogP contribution >= 0.6 is 23.2 Å². The third-order valence-electron chi connectivity index (χ3n) is 3.79. The quantitative estimate of drug-likeness (QED) is 0.740. The van der Waals surface area contributed by atoms with Gasteiger partial charge in [-0.05, 0) is 26.0 Å². The van der Waals surface area contributed by atoms with Crippen molar-refractivity contribution in [3.05, 3.63) is 68.3 Å². The van der Waals surface area contributed by atoms with E-state index in [-0.39, 0.29) is 16.6 Å². The molecule has 0 aliphatic rings. The Bertz CT molecular complexity index is 1030. The average Bonchev–Trinajstić information content (AvgIpc) is 2.91. The van der Waals surface area contributed by atoms with Crippen LogP contribution in [0, 0.1) is 13.8 Å². The van der Waals surface area contributed by atoms with E-state index < -0.39 is 11.5 Å². The minimum Gasteiger partial charge on any atom is -0.321 e. The third kappa shape index (κ3) is 3.49. The van der Waals surface area contributed by atoms with Gasteiger partial charge in [0.2, 0.25) is 5.91 Å². The number of aryl methyl sites for hydroxylation is 1. The third-order valence-corrected chi connectivity index (χ3v) is 4.54. The first-order valence-corrected chi connectivity index (χ1v) is 8.46. The van der Waals surface area contributed by atoms with E-state index in [9.17, 15) is 9.59 Å². The summed E-state index contributed by atoms with van der Waals surface area (Å²) in [6.45, 7) is 3.36. The van der Waals surface area contributed by atoms with Crippen LogP contribution in [0.4, 0.5) is 5.69 Å². The van der Waals surface area contributed by atoms with Crippen molar-refractivity contribution >= 4 is 34.8 Å². The standard InChI is InChI=1S/C17H15Cl2N5O2/c1-10-16(11(2)24(22-10)12-6-4-3-5-7-12)21-14(25)9-23-17(26)15(19)13(18)8-20-23/h3-8H,9H2,1-2H3,(H,21,25). The van der Waals surface area contributed by atoms with E-state index in [1.54, 1.807) is 11.6 Å². The van der Waals surface area contributed by atoms with Gasteiger partial charge in [-0.15, -0.1) is 0 Å². The van der Waals surface area contributed by atoms with Crippen molar-refractivity contribution < 1.29 is 4.79 Å². The van der Waals surface area contributed by atoms with Gasteiger partial charge in [0.15, 0.2) is 0 Å². The molecule has 0 aliphatic carbocycles. The zero-order valence-corrected chi connectivity index (χ0v) is 15.5. The monoisotopic (exact) mass is 391 g/mol. The number of carbonyl (C=O) groups is 1. The van der Waals surface area contributed by atoms with E-state index in [0.717, 1.165) is 16.1 Å². The first-order chi connectivity index (χ1) is 12.4. The Morgan fingerprint density at radius 2 is 1.88 bits per heavy atom. The molecule has 1 amide bonds. The first-order valence-electron chi connectivity index (χ1n) is 7.71. The molecule has 0 radical (unpaired) electrons. The molecule has 2 heterocycles.